The normalized spacial score (nSPS) is 11.5. The molecule has 0 aromatic heterocycles. The molecular weight excluding hydrogens is 306 g/mol. The first-order valence-electron chi connectivity index (χ1n) is 7.28. The quantitative estimate of drug-likeness (QED) is 0.654. The molecule has 0 saturated carbocycles. The molecule has 6 nitrogen and oxygen atoms in total. The van der Waals surface area contributed by atoms with Crippen LogP contribution in [0.25, 0.3) is 0 Å². The number of ether oxygens (including phenoxy) is 1. The van der Waals surface area contributed by atoms with Crippen molar-refractivity contribution in [2.45, 2.75) is 13.0 Å². The zero-order valence-electron chi connectivity index (χ0n) is 13.4. The number of amides is 1. The molecule has 1 N–H and O–H groups in total. The second kappa shape index (κ2) is 8.34. The number of rotatable bonds is 6. The van der Waals surface area contributed by atoms with Crippen LogP contribution >= 0.6 is 0 Å². The molecule has 0 unspecified atom stereocenters. The molecule has 0 aliphatic rings. The van der Waals surface area contributed by atoms with Crippen molar-refractivity contribution in [3.05, 3.63) is 59.7 Å². The minimum Gasteiger partial charge on any atom is -0.496 e. The Morgan fingerprint density at radius 1 is 1.25 bits per heavy atom. The predicted octanol–water partition coefficient (Wildman–Crippen LogP) is 2.94. The summed E-state index contributed by atoms with van der Waals surface area (Å²) in [6.07, 6.45) is 0.661. The fourth-order valence-corrected chi connectivity index (χ4v) is 1.92. The van der Waals surface area contributed by atoms with Crippen LogP contribution in [0.2, 0.25) is 0 Å². The number of para-hydroxylation sites is 2. The van der Waals surface area contributed by atoms with Gasteiger partial charge < -0.3 is 14.9 Å². The first-order chi connectivity index (χ1) is 11.7. The monoisotopic (exact) mass is 323 g/mol. The van der Waals surface area contributed by atoms with Gasteiger partial charge in [-0.25, -0.2) is 0 Å². The molecule has 0 saturated heterocycles. The van der Waals surface area contributed by atoms with Crippen LogP contribution in [0.15, 0.2) is 53.7 Å². The lowest BCUT2D eigenvalue weighted by molar-refractivity contribution is -0.126. The van der Waals surface area contributed by atoms with Crippen LogP contribution in [0.4, 0.5) is 5.69 Å². The Bertz CT molecular complexity index is 781. The maximum atomic E-state index is 12.1. The van der Waals surface area contributed by atoms with Gasteiger partial charge in [0.1, 0.15) is 11.8 Å². The first kappa shape index (κ1) is 17.0. The highest BCUT2D eigenvalue weighted by atomic mass is 16.6. The minimum atomic E-state index is -0.817. The summed E-state index contributed by atoms with van der Waals surface area (Å²) in [6, 6.07) is 16.1. The van der Waals surface area contributed by atoms with Gasteiger partial charge in [-0.05, 0) is 31.2 Å². The predicted molar refractivity (Wildman–Crippen MR) is 90.9 cm³/mol. The number of hydrogen-bond donors (Lipinski definition) is 1. The zero-order valence-corrected chi connectivity index (χ0v) is 13.4. The van der Waals surface area contributed by atoms with E-state index < -0.39 is 12.0 Å². The molecule has 2 rings (SSSR count). The molecule has 0 aliphatic carbocycles. The fraction of sp³-hybridized carbons (Fsp3) is 0.167. The molecule has 122 valence electrons. The van der Waals surface area contributed by atoms with Crippen molar-refractivity contribution in [1.82, 2.24) is 0 Å². The van der Waals surface area contributed by atoms with Crippen LogP contribution in [0.5, 0.6) is 5.75 Å². The van der Waals surface area contributed by atoms with E-state index in [9.17, 15) is 4.79 Å². The van der Waals surface area contributed by atoms with E-state index in [1.54, 1.807) is 44.4 Å². The fourth-order valence-electron chi connectivity index (χ4n) is 1.92. The number of oxime groups is 1. The summed E-state index contributed by atoms with van der Waals surface area (Å²) >= 11 is 0. The van der Waals surface area contributed by atoms with Crippen molar-refractivity contribution >= 4 is 17.8 Å². The highest BCUT2D eigenvalue weighted by molar-refractivity contribution is 5.95. The molecule has 0 fully saturated rings. The van der Waals surface area contributed by atoms with E-state index in [1.807, 2.05) is 24.3 Å². The molecular formula is C18H17N3O3. The van der Waals surface area contributed by atoms with Crippen molar-refractivity contribution in [3.8, 4) is 11.8 Å². The van der Waals surface area contributed by atoms with E-state index in [-0.39, 0.29) is 0 Å². The van der Waals surface area contributed by atoms with Crippen LogP contribution in [-0.2, 0) is 9.63 Å². The minimum absolute atomic E-state index is 0.385. The third-order valence-electron chi connectivity index (χ3n) is 3.22. The number of anilines is 1. The summed E-state index contributed by atoms with van der Waals surface area (Å²) < 4.78 is 5.20. The second-order valence-corrected chi connectivity index (χ2v) is 4.87. The van der Waals surface area contributed by atoms with Gasteiger partial charge in [-0.2, -0.15) is 5.26 Å². The molecule has 0 spiro atoms. The van der Waals surface area contributed by atoms with Crippen LogP contribution in [-0.4, -0.2) is 25.3 Å². The Kier molecular flexibility index (Phi) is 5.92. The number of carbonyl (C=O) groups excluding carboxylic acids is 1. The van der Waals surface area contributed by atoms with E-state index in [4.69, 9.17) is 14.8 Å². The standard InChI is InChI=1S/C18H17N3O3/c1-13(18(22)21-16-9-5-3-7-14(16)11-19)24-20-12-15-8-4-6-10-17(15)23-2/h3-10,12-13H,1-2H3,(H,21,22)/b20-12-/t13-/m1/s1. The van der Waals surface area contributed by atoms with Crippen molar-refractivity contribution in [2.24, 2.45) is 5.16 Å². The molecule has 0 radical (unpaired) electrons. The SMILES string of the molecule is COc1ccccc1/C=N\O[C@H](C)C(=O)Nc1ccccc1C#N. The highest BCUT2D eigenvalue weighted by Gasteiger charge is 2.15. The van der Waals surface area contributed by atoms with E-state index >= 15 is 0 Å². The van der Waals surface area contributed by atoms with Gasteiger partial charge in [0.25, 0.3) is 5.91 Å². The van der Waals surface area contributed by atoms with E-state index in [2.05, 4.69) is 10.5 Å². The number of nitrogens with one attached hydrogen (secondary N) is 1. The Morgan fingerprint density at radius 2 is 1.96 bits per heavy atom. The summed E-state index contributed by atoms with van der Waals surface area (Å²) in [7, 11) is 1.57. The Balaban J connectivity index is 1.97. The van der Waals surface area contributed by atoms with Crippen LogP contribution < -0.4 is 10.1 Å². The molecule has 0 heterocycles. The lowest BCUT2D eigenvalue weighted by atomic mass is 10.2. The molecule has 0 bridgehead atoms. The van der Waals surface area contributed by atoms with E-state index in [1.165, 1.54) is 6.21 Å². The summed E-state index contributed by atoms with van der Waals surface area (Å²) in [4.78, 5) is 17.3. The molecule has 0 aliphatic heterocycles. The second-order valence-electron chi connectivity index (χ2n) is 4.87. The van der Waals surface area contributed by atoms with Gasteiger partial charge in [0.2, 0.25) is 6.10 Å². The van der Waals surface area contributed by atoms with Gasteiger partial charge in [-0.1, -0.05) is 29.4 Å². The maximum Gasteiger partial charge on any atom is 0.268 e. The third-order valence-corrected chi connectivity index (χ3v) is 3.22. The summed E-state index contributed by atoms with van der Waals surface area (Å²) in [5, 5.41) is 15.5. The van der Waals surface area contributed by atoms with Crippen LogP contribution in [0.3, 0.4) is 0 Å². The third kappa shape index (κ3) is 4.34. The highest BCUT2D eigenvalue weighted by Crippen LogP contribution is 2.16. The van der Waals surface area contributed by atoms with Gasteiger partial charge in [-0.15, -0.1) is 0 Å². The zero-order chi connectivity index (χ0) is 17.4. The summed E-state index contributed by atoms with van der Waals surface area (Å²) in [5.41, 5.74) is 1.56. The lowest BCUT2D eigenvalue weighted by Crippen LogP contribution is -2.26. The molecule has 2 aromatic rings. The number of hydrogen-bond acceptors (Lipinski definition) is 5. The smallest absolute Gasteiger partial charge is 0.268 e. The molecule has 24 heavy (non-hydrogen) atoms. The van der Waals surface area contributed by atoms with E-state index in [0.29, 0.717) is 17.0 Å². The number of nitrogens with zero attached hydrogens (tertiary/aromatic N) is 2. The average molecular weight is 323 g/mol. The van der Waals surface area contributed by atoms with Crippen LogP contribution in [0, 0.1) is 11.3 Å². The largest absolute Gasteiger partial charge is 0.496 e. The molecule has 1 amide bonds. The number of methoxy groups -OCH3 is 1. The van der Waals surface area contributed by atoms with Gasteiger partial charge in [0.15, 0.2) is 0 Å². The lowest BCUT2D eigenvalue weighted by Gasteiger charge is -2.11. The molecule has 1 atom stereocenters. The molecule has 2 aromatic carbocycles. The van der Waals surface area contributed by atoms with Crippen LogP contribution in [0.1, 0.15) is 18.1 Å². The van der Waals surface area contributed by atoms with Crippen molar-refractivity contribution in [3.63, 3.8) is 0 Å². The number of nitriles is 1. The van der Waals surface area contributed by atoms with Gasteiger partial charge >= 0.3 is 0 Å². The maximum absolute atomic E-state index is 12.1. The average Bonchev–Trinajstić information content (AvgIpc) is 2.62. The molecule has 6 heteroatoms. The van der Waals surface area contributed by atoms with E-state index in [0.717, 1.165) is 5.56 Å². The van der Waals surface area contributed by atoms with Gasteiger partial charge in [0.05, 0.1) is 24.6 Å². The first-order valence-corrected chi connectivity index (χ1v) is 7.28. The number of carbonyl (C=O) groups is 1. The number of benzene rings is 2. The Labute approximate surface area is 140 Å². The summed E-state index contributed by atoms with van der Waals surface area (Å²) in [6.45, 7) is 1.57. The topological polar surface area (TPSA) is 83.7 Å². The Hall–Kier alpha value is -3.33. The Morgan fingerprint density at radius 3 is 2.71 bits per heavy atom. The van der Waals surface area contributed by atoms with Gasteiger partial charge in [0, 0.05) is 5.56 Å². The van der Waals surface area contributed by atoms with Crippen molar-refractivity contribution in [2.75, 3.05) is 12.4 Å². The summed E-state index contributed by atoms with van der Waals surface area (Å²) in [5.74, 6) is 0.264. The van der Waals surface area contributed by atoms with Crippen molar-refractivity contribution in [1.29, 1.82) is 5.26 Å². The van der Waals surface area contributed by atoms with Gasteiger partial charge in [-0.3, -0.25) is 4.79 Å². The van der Waals surface area contributed by atoms with Crippen molar-refractivity contribution < 1.29 is 14.4 Å².